The van der Waals surface area contributed by atoms with E-state index >= 15 is 0 Å². The van der Waals surface area contributed by atoms with Crippen molar-refractivity contribution in [1.29, 1.82) is 0 Å². The Hall–Kier alpha value is -1.94. The normalized spacial score (nSPS) is 14.1. The molecule has 0 aliphatic heterocycles. The lowest BCUT2D eigenvalue weighted by atomic mass is 10.0. The van der Waals surface area contributed by atoms with Crippen LogP contribution in [0.15, 0.2) is 0 Å². The number of phosphoric acid groups is 2. The van der Waals surface area contributed by atoms with E-state index in [0.717, 1.165) is 89.9 Å². The van der Waals surface area contributed by atoms with Crippen LogP contribution >= 0.6 is 15.6 Å². The van der Waals surface area contributed by atoms with Gasteiger partial charge in [-0.25, -0.2) is 9.13 Å². The third kappa shape index (κ3) is 64.8. The third-order valence-electron chi connectivity index (χ3n) is 16.5. The molecular weight excluding hydrogens is 1190 g/mol. The lowest BCUT2D eigenvalue weighted by molar-refractivity contribution is -0.161. The fourth-order valence-corrected chi connectivity index (χ4v) is 12.4. The van der Waals surface area contributed by atoms with E-state index in [1.165, 1.54) is 193 Å². The van der Waals surface area contributed by atoms with Gasteiger partial charge in [0.2, 0.25) is 0 Å². The van der Waals surface area contributed by atoms with Gasteiger partial charge in [-0.1, -0.05) is 317 Å². The van der Waals surface area contributed by atoms with Crippen LogP contribution in [-0.2, 0) is 65.4 Å². The molecule has 5 atom stereocenters. The van der Waals surface area contributed by atoms with Gasteiger partial charge in [0.05, 0.1) is 26.4 Å². The number of phosphoric ester groups is 2. The highest BCUT2D eigenvalue weighted by molar-refractivity contribution is 7.47. The van der Waals surface area contributed by atoms with Crippen LogP contribution < -0.4 is 0 Å². The van der Waals surface area contributed by atoms with Gasteiger partial charge < -0.3 is 33.8 Å². The van der Waals surface area contributed by atoms with Gasteiger partial charge in [-0.15, -0.1) is 0 Å². The van der Waals surface area contributed by atoms with E-state index in [1.54, 1.807) is 0 Å². The molecule has 2 unspecified atom stereocenters. The number of carbonyl (C=O) groups excluding carboxylic acids is 4. The first kappa shape index (κ1) is 88.1. The molecule has 90 heavy (non-hydrogen) atoms. The second-order valence-electron chi connectivity index (χ2n) is 26.1. The zero-order valence-corrected chi connectivity index (χ0v) is 60.1. The molecule has 0 saturated heterocycles. The fraction of sp³-hybridized carbons (Fsp3) is 0.944. The number of unbranched alkanes of at least 4 members (excludes halogenated alkanes) is 43. The van der Waals surface area contributed by atoms with Crippen LogP contribution in [0.3, 0.4) is 0 Å². The van der Waals surface area contributed by atoms with Gasteiger partial charge in [0.15, 0.2) is 12.2 Å². The van der Waals surface area contributed by atoms with E-state index in [4.69, 9.17) is 37.0 Å². The Morgan fingerprint density at radius 2 is 0.511 bits per heavy atom. The second kappa shape index (κ2) is 64.4. The number of esters is 4. The lowest BCUT2D eigenvalue weighted by Crippen LogP contribution is -2.30. The van der Waals surface area contributed by atoms with Crippen LogP contribution in [0.5, 0.6) is 0 Å². The maximum Gasteiger partial charge on any atom is 0.472 e. The first-order valence-electron chi connectivity index (χ1n) is 37.1. The largest absolute Gasteiger partial charge is 0.472 e. The third-order valence-corrected chi connectivity index (χ3v) is 18.4. The van der Waals surface area contributed by atoms with E-state index in [9.17, 15) is 43.2 Å². The number of aliphatic hydroxyl groups excluding tert-OH is 1. The summed E-state index contributed by atoms with van der Waals surface area (Å²) >= 11 is 0. The molecule has 3 N–H and O–H groups in total. The van der Waals surface area contributed by atoms with E-state index < -0.39 is 97.5 Å². The number of hydrogen-bond donors (Lipinski definition) is 3. The monoisotopic (exact) mass is 1320 g/mol. The standard InChI is InChI=1S/C71H138O17P2/c1-6-9-12-15-18-21-23-24-25-26-27-28-29-30-31-33-36-41-46-51-56-70(75)87-66(60-82-69(74)55-50-45-40-35-32-22-19-16-13-10-7-2)62-85-89(77,78)83-58-65(72)59-84-90(79,80)86-63-67(61-81-68(73)54-49-44-39-34-20-17-14-11-8-3)88-71(76)57-52-47-42-37-38-43-48-53-64(4)5/h64-67,72H,6-63H2,1-5H3,(H,77,78)(H,79,80)/t65-,66-,67-/m1/s1. The number of rotatable bonds is 71. The maximum atomic E-state index is 13.0. The molecule has 534 valence electrons. The molecule has 0 aromatic carbocycles. The van der Waals surface area contributed by atoms with E-state index in [0.29, 0.717) is 31.6 Å². The number of ether oxygens (including phenoxy) is 4. The minimum Gasteiger partial charge on any atom is -0.462 e. The summed E-state index contributed by atoms with van der Waals surface area (Å²) in [6, 6.07) is 0. The van der Waals surface area contributed by atoms with E-state index in [1.807, 2.05) is 0 Å². The first-order valence-corrected chi connectivity index (χ1v) is 40.1. The van der Waals surface area contributed by atoms with Crippen molar-refractivity contribution < 1.29 is 80.2 Å². The fourth-order valence-electron chi connectivity index (χ4n) is 10.8. The highest BCUT2D eigenvalue weighted by Gasteiger charge is 2.30. The highest BCUT2D eigenvalue weighted by Crippen LogP contribution is 2.45. The summed E-state index contributed by atoms with van der Waals surface area (Å²) in [5.41, 5.74) is 0. The minimum atomic E-state index is -4.95. The summed E-state index contributed by atoms with van der Waals surface area (Å²) in [5, 5.41) is 10.6. The summed E-state index contributed by atoms with van der Waals surface area (Å²) in [4.78, 5) is 72.4. The average Bonchev–Trinajstić information content (AvgIpc) is 3.30. The minimum absolute atomic E-state index is 0.104. The summed E-state index contributed by atoms with van der Waals surface area (Å²) in [6.45, 7) is 7.17. The number of aliphatic hydroxyl groups is 1. The van der Waals surface area contributed by atoms with Gasteiger partial charge in [0.25, 0.3) is 0 Å². The van der Waals surface area contributed by atoms with Crippen LogP contribution in [0.2, 0.25) is 0 Å². The van der Waals surface area contributed by atoms with Gasteiger partial charge in [0.1, 0.15) is 19.3 Å². The van der Waals surface area contributed by atoms with Crippen molar-refractivity contribution in [2.45, 2.75) is 387 Å². The zero-order valence-electron chi connectivity index (χ0n) is 58.3. The molecule has 0 radical (unpaired) electrons. The van der Waals surface area contributed by atoms with Gasteiger partial charge in [-0.3, -0.25) is 37.3 Å². The Kier molecular flexibility index (Phi) is 63.0. The van der Waals surface area contributed by atoms with Gasteiger partial charge in [-0.2, -0.15) is 0 Å². The Bertz CT molecular complexity index is 1740. The van der Waals surface area contributed by atoms with Crippen LogP contribution in [0.1, 0.15) is 369 Å². The molecule has 0 saturated carbocycles. The molecule has 0 aromatic heterocycles. The predicted octanol–water partition coefficient (Wildman–Crippen LogP) is 20.5. The molecule has 0 fully saturated rings. The topological polar surface area (TPSA) is 237 Å². The molecule has 0 amide bonds. The van der Waals surface area contributed by atoms with Crippen LogP contribution in [0.4, 0.5) is 0 Å². The first-order chi connectivity index (χ1) is 43.5. The van der Waals surface area contributed by atoms with Gasteiger partial charge >= 0.3 is 39.5 Å². The second-order valence-corrected chi connectivity index (χ2v) is 29.0. The molecule has 0 spiro atoms. The molecule has 0 heterocycles. The van der Waals surface area contributed by atoms with Gasteiger partial charge in [0, 0.05) is 25.7 Å². The quantitative estimate of drug-likeness (QED) is 0.0222. The summed E-state index contributed by atoms with van der Waals surface area (Å²) < 4.78 is 68.2. The Morgan fingerprint density at radius 3 is 0.756 bits per heavy atom. The summed E-state index contributed by atoms with van der Waals surface area (Å²) in [6.07, 6.45) is 51.5. The molecule has 19 heteroatoms. The molecule has 0 bridgehead atoms. The average molecular weight is 1330 g/mol. The molecule has 0 rings (SSSR count). The molecule has 0 aromatic rings. The lowest BCUT2D eigenvalue weighted by Gasteiger charge is -2.21. The summed E-state index contributed by atoms with van der Waals surface area (Å²) in [7, 11) is -9.90. The van der Waals surface area contributed by atoms with Crippen molar-refractivity contribution in [2.75, 3.05) is 39.6 Å². The van der Waals surface area contributed by atoms with Crippen molar-refractivity contribution >= 4 is 39.5 Å². The van der Waals surface area contributed by atoms with E-state index in [-0.39, 0.29) is 25.7 Å². The maximum absolute atomic E-state index is 13.0. The molecule has 0 aliphatic rings. The van der Waals surface area contributed by atoms with Crippen LogP contribution in [0, 0.1) is 5.92 Å². The van der Waals surface area contributed by atoms with Crippen molar-refractivity contribution in [2.24, 2.45) is 5.92 Å². The Balaban J connectivity index is 5.16. The zero-order chi connectivity index (χ0) is 66.3. The predicted molar refractivity (Wildman–Crippen MR) is 363 cm³/mol. The highest BCUT2D eigenvalue weighted by atomic mass is 31.2. The van der Waals surface area contributed by atoms with Crippen LogP contribution in [-0.4, -0.2) is 96.7 Å². The van der Waals surface area contributed by atoms with E-state index in [2.05, 4.69) is 34.6 Å². The number of carbonyl (C=O) groups is 4. The molecule has 17 nitrogen and oxygen atoms in total. The smallest absolute Gasteiger partial charge is 0.462 e. The van der Waals surface area contributed by atoms with Gasteiger partial charge in [-0.05, 0) is 31.6 Å². The number of hydrogen-bond acceptors (Lipinski definition) is 15. The van der Waals surface area contributed by atoms with Crippen molar-refractivity contribution in [3.8, 4) is 0 Å². The van der Waals surface area contributed by atoms with Crippen molar-refractivity contribution in [1.82, 2.24) is 0 Å². The SMILES string of the molecule is CCCCCCCCCCCCCCCCCCCCCCC(=O)O[C@H](COC(=O)CCCCCCCCCCCCC)COP(=O)(O)OC[C@@H](O)COP(=O)(O)OC[C@@H](COC(=O)CCCCCCCCCCC)OC(=O)CCCCCCCCCC(C)C. The van der Waals surface area contributed by atoms with Crippen LogP contribution in [0.25, 0.3) is 0 Å². The molecule has 0 aliphatic carbocycles. The molecular formula is C71H138O17P2. The van der Waals surface area contributed by atoms with Crippen molar-refractivity contribution in [3.63, 3.8) is 0 Å². The summed E-state index contributed by atoms with van der Waals surface area (Å²) in [5.74, 6) is -1.43. The Morgan fingerprint density at radius 1 is 0.300 bits per heavy atom. The van der Waals surface area contributed by atoms with Crippen molar-refractivity contribution in [3.05, 3.63) is 0 Å². The Labute approximate surface area is 549 Å².